The van der Waals surface area contributed by atoms with Gasteiger partial charge in [0.25, 0.3) is 0 Å². The van der Waals surface area contributed by atoms with Gasteiger partial charge in [0.05, 0.1) is 24.7 Å². The van der Waals surface area contributed by atoms with E-state index >= 15 is 0 Å². The van der Waals surface area contributed by atoms with Crippen molar-refractivity contribution in [1.29, 1.82) is 5.26 Å². The second-order valence-electron chi connectivity index (χ2n) is 8.44. The topological polar surface area (TPSA) is 42.2 Å². The van der Waals surface area contributed by atoms with Gasteiger partial charge in [-0.3, -0.25) is 0 Å². The second-order valence-corrected chi connectivity index (χ2v) is 8.44. The average molecular weight is 350 g/mol. The molecule has 25 heavy (non-hydrogen) atoms. The molecule has 2 rings (SSSR count). The van der Waals surface area contributed by atoms with Crippen molar-refractivity contribution < 1.29 is 9.47 Å². The van der Waals surface area contributed by atoms with Crippen molar-refractivity contribution in [2.45, 2.75) is 104 Å². The zero-order valence-corrected chi connectivity index (χ0v) is 16.6. The van der Waals surface area contributed by atoms with Crippen LogP contribution in [-0.4, -0.2) is 19.5 Å². The molecule has 1 aliphatic carbocycles. The minimum atomic E-state index is -0.0679. The van der Waals surface area contributed by atoms with E-state index in [0.717, 1.165) is 45.3 Å². The second kappa shape index (κ2) is 11.2. The molecule has 2 fully saturated rings. The maximum atomic E-state index is 9.72. The van der Waals surface area contributed by atoms with Crippen LogP contribution in [0, 0.1) is 28.6 Å². The normalized spacial score (nSPS) is 33.1. The first-order valence-corrected chi connectivity index (χ1v) is 10.9. The molecule has 1 saturated carbocycles. The highest BCUT2D eigenvalue weighted by molar-refractivity contribution is 5.01. The van der Waals surface area contributed by atoms with Crippen molar-refractivity contribution >= 4 is 0 Å². The Hall–Kier alpha value is -0.590. The monoisotopic (exact) mass is 349 g/mol. The van der Waals surface area contributed by atoms with E-state index in [2.05, 4.69) is 19.9 Å². The lowest BCUT2D eigenvalue weighted by Crippen LogP contribution is -2.40. The first-order chi connectivity index (χ1) is 12.2. The van der Waals surface area contributed by atoms with Crippen LogP contribution in [0.15, 0.2) is 0 Å². The molecule has 2 aliphatic rings. The number of hydrogen-bond acceptors (Lipinski definition) is 3. The number of hydrogen-bond donors (Lipinski definition) is 0. The smallest absolute Gasteiger partial charge is 0.160 e. The molecule has 0 aromatic rings. The van der Waals surface area contributed by atoms with Crippen LogP contribution in [0.3, 0.4) is 0 Å². The average Bonchev–Trinajstić information content (AvgIpc) is 2.67. The lowest BCUT2D eigenvalue weighted by Gasteiger charge is -2.40. The third-order valence-corrected chi connectivity index (χ3v) is 6.33. The van der Waals surface area contributed by atoms with Gasteiger partial charge in [0.2, 0.25) is 0 Å². The van der Waals surface area contributed by atoms with Gasteiger partial charge < -0.3 is 9.47 Å². The van der Waals surface area contributed by atoms with E-state index in [-0.39, 0.29) is 11.7 Å². The molecule has 144 valence electrons. The molecule has 3 nitrogen and oxygen atoms in total. The van der Waals surface area contributed by atoms with E-state index in [1.165, 1.54) is 51.4 Å². The van der Waals surface area contributed by atoms with E-state index < -0.39 is 0 Å². The Morgan fingerprint density at radius 2 is 1.56 bits per heavy atom. The molecular weight excluding hydrogens is 310 g/mol. The van der Waals surface area contributed by atoms with Gasteiger partial charge in [-0.05, 0) is 38.5 Å². The fourth-order valence-corrected chi connectivity index (χ4v) is 4.45. The number of rotatable bonds is 10. The number of nitrogens with zero attached hydrogens (tertiary/aromatic N) is 1. The Bertz CT molecular complexity index is 387. The van der Waals surface area contributed by atoms with Crippen LogP contribution in [0.1, 0.15) is 97.3 Å². The summed E-state index contributed by atoms with van der Waals surface area (Å²) in [4.78, 5) is 0. The lowest BCUT2D eigenvalue weighted by atomic mass is 9.68. The van der Waals surface area contributed by atoms with Gasteiger partial charge in [-0.25, -0.2) is 0 Å². The molecule has 0 unspecified atom stereocenters. The summed E-state index contributed by atoms with van der Waals surface area (Å²) in [5, 5.41) is 9.72. The third kappa shape index (κ3) is 6.57. The largest absolute Gasteiger partial charge is 0.352 e. The predicted molar refractivity (Wildman–Crippen MR) is 102 cm³/mol. The van der Waals surface area contributed by atoms with Crippen LogP contribution >= 0.6 is 0 Å². The van der Waals surface area contributed by atoms with Crippen LogP contribution < -0.4 is 0 Å². The van der Waals surface area contributed by atoms with Crippen molar-refractivity contribution in [3.63, 3.8) is 0 Å². The molecule has 3 heteroatoms. The first-order valence-electron chi connectivity index (χ1n) is 10.9. The summed E-state index contributed by atoms with van der Waals surface area (Å²) in [6, 6.07) is 2.67. The Balaban J connectivity index is 1.68. The first kappa shape index (κ1) is 20.7. The summed E-state index contributed by atoms with van der Waals surface area (Å²) in [7, 11) is 0. The van der Waals surface area contributed by atoms with E-state index in [1.807, 2.05) is 0 Å². The van der Waals surface area contributed by atoms with Gasteiger partial charge >= 0.3 is 0 Å². The molecular formula is C22H39NO2. The number of ether oxygens (including phenoxy) is 2. The Labute approximate surface area is 155 Å². The zero-order valence-electron chi connectivity index (χ0n) is 16.6. The molecule has 0 aromatic heterocycles. The summed E-state index contributed by atoms with van der Waals surface area (Å²) in [5.74, 6) is 1.08. The Morgan fingerprint density at radius 3 is 2.16 bits per heavy atom. The molecule has 0 atom stereocenters. The fourth-order valence-electron chi connectivity index (χ4n) is 4.45. The van der Waals surface area contributed by atoms with Gasteiger partial charge in [0.1, 0.15) is 0 Å². The van der Waals surface area contributed by atoms with Gasteiger partial charge in [0.15, 0.2) is 6.29 Å². The van der Waals surface area contributed by atoms with Crippen LogP contribution in [-0.2, 0) is 9.47 Å². The van der Waals surface area contributed by atoms with E-state index in [0.29, 0.717) is 11.8 Å². The summed E-state index contributed by atoms with van der Waals surface area (Å²) < 4.78 is 12.1. The molecule has 1 saturated heterocycles. The predicted octanol–water partition coefficient (Wildman–Crippen LogP) is 6.23. The van der Waals surface area contributed by atoms with Gasteiger partial charge in [-0.2, -0.15) is 5.26 Å². The summed E-state index contributed by atoms with van der Waals surface area (Å²) in [5.41, 5.74) is -0.0679. The molecule has 0 aromatic carbocycles. The Morgan fingerprint density at radius 1 is 0.920 bits per heavy atom. The molecule has 1 aliphatic heterocycles. The molecule has 0 bridgehead atoms. The van der Waals surface area contributed by atoms with E-state index in [1.54, 1.807) is 0 Å². The minimum Gasteiger partial charge on any atom is -0.352 e. The summed E-state index contributed by atoms with van der Waals surface area (Å²) in [6.07, 6.45) is 15.5. The quantitative estimate of drug-likeness (QED) is 0.439. The Kier molecular flexibility index (Phi) is 9.28. The highest BCUT2D eigenvalue weighted by Gasteiger charge is 2.39. The van der Waals surface area contributed by atoms with Crippen LogP contribution in [0.5, 0.6) is 0 Å². The SMILES string of the molecule is CCCCCC[C@]1(C#N)CC[C@@H](C2OCC(CCCCC)CO2)CC1. The van der Waals surface area contributed by atoms with Crippen molar-refractivity contribution in [1.82, 2.24) is 0 Å². The third-order valence-electron chi connectivity index (χ3n) is 6.33. The maximum Gasteiger partial charge on any atom is 0.160 e. The fraction of sp³-hybridized carbons (Fsp3) is 0.955. The van der Waals surface area contributed by atoms with Crippen molar-refractivity contribution in [3.8, 4) is 6.07 Å². The van der Waals surface area contributed by atoms with Crippen LogP contribution in [0.4, 0.5) is 0 Å². The van der Waals surface area contributed by atoms with E-state index in [4.69, 9.17) is 9.47 Å². The van der Waals surface area contributed by atoms with Gasteiger partial charge in [0, 0.05) is 11.8 Å². The molecule has 0 radical (unpaired) electrons. The molecule has 0 spiro atoms. The highest BCUT2D eigenvalue weighted by atomic mass is 16.7. The van der Waals surface area contributed by atoms with Crippen molar-refractivity contribution in [2.75, 3.05) is 13.2 Å². The molecule has 1 heterocycles. The van der Waals surface area contributed by atoms with Crippen molar-refractivity contribution in [3.05, 3.63) is 0 Å². The summed E-state index contributed by atoms with van der Waals surface area (Å²) in [6.45, 7) is 6.22. The lowest BCUT2D eigenvalue weighted by molar-refractivity contribution is -0.231. The van der Waals surface area contributed by atoms with E-state index in [9.17, 15) is 5.26 Å². The number of unbranched alkanes of at least 4 members (excludes halogenated alkanes) is 5. The van der Waals surface area contributed by atoms with Crippen molar-refractivity contribution in [2.24, 2.45) is 17.3 Å². The van der Waals surface area contributed by atoms with Crippen LogP contribution in [0.2, 0.25) is 0 Å². The standard InChI is InChI=1S/C22H39NO2/c1-3-5-7-9-13-22(18-23)14-11-20(12-15-22)21-24-16-19(17-25-21)10-8-6-4-2/h19-21H,3-17H2,1-2H3/t19?,20-,21?,22+. The minimum absolute atomic E-state index is 0.0146. The summed E-state index contributed by atoms with van der Waals surface area (Å²) >= 11 is 0. The number of nitriles is 1. The van der Waals surface area contributed by atoms with Crippen LogP contribution in [0.25, 0.3) is 0 Å². The van der Waals surface area contributed by atoms with Gasteiger partial charge in [-0.15, -0.1) is 0 Å². The maximum absolute atomic E-state index is 9.72. The zero-order chi connectivity index (χ0) is 18.0. The molecule has 0 N–H and O–H groups in total. The molecule has 0 amide bonds. The highest BCUT2D eigenvalue weighted by Crippen LogP contribution is 2.44. The van der Waals surface area contributed by atoms with Gasteiger partial charge in [-0.1, -0.05) is 58.8 Å².